The van der Waals surface area contributed by atoms with Crippen LogP contribution in [-0.4, -0.2) is 8.42 Å². The van der Waals surface area contributed by atoms with E-state index < -0.39 is 10.0 Å². The summed E-state index contributed by atoms with van der Waals surface area (Å²) in [6.45, 7) is 8.18. The first-order chi connectivity index (χ1) is 10.8. The molecule has 0 heterocycles. The van der Waals surface area contributed by atoms with Gasteiger partial charge in [-0.05, 0) is 42.5 Å². The first-order valence-corrected chi connectivity index (χ1v) is 9.50. The molecule has 2 aromatic carbocycles. The summed E-state index contributed by atoms with van der Waals surface area (Å²) in [5, 5.41) is 0. The van der Waals surface area contributed by atoms with Crippen molar-refractivity contribution in [3.8, 4) is 0 Å². The summed E-state index contributed by atoms with van der Waals surface area (Å²) in [6, 6.07) is 14.9. The molecule has 23 heavy (non-hydrogen) atoms. The van der Waals surface area contributed by atoms with Crippen LogP contribution in [0.2, 0.25) is 0 Å². The van der Waals surface area contributed by atoms with E-state index in [9.17, 15) is 8.42 Å². The van der Waals surface area contributed by atoms with Gasteiger partial charge in [0.05, 0.1) is 4.90 Å². The SMILES string of the molecule is CCC(NS(=O)(=O)c1ccc(C(C)C)cc1)c1ccc(C)cc1. The van der Waals surface area contributed by atoms with E-state index in [2.05, 4.69) is 18.6 Å². The highest BCUT2D eigenvalue weighted by Crippen LogP contribution is 2.22. The minimum Gasteiger partial charge on any atom is -0.207 e. The van der Waals surface area contributed by atoms with Crippen LogP contribution in [0.1, 0.15) is 55.8 Å². The first-order valence-electron chi connectivity index (χ1n) is 8.02. The molecule has 0 saturated heterocycles. The summed E-state index contributed by atoms with van der Waals surface area (Å²) in [5.41, 5.74) is 3.28. The highest BCUT2D eigenvalue weighted by Gasteiger charge is 2.20. The van der Waals surface area contributed by atoms with Crippen LogP contribution in [0.3, 0.4) is 0 Å². The average molecular weight is 331 g/mol. The molecular weight excluding hydrogens is 306 g/mol. The second-order valence-electron chi connectivity index (χ2n) is 6.22. The fourth-order valence-electron chi connectivity index (χ4n) is 2.47. The lowest BCUT2D eigenvalue weighted by Gasteiger charge is -2.18. The van der Waals surface area contributed by atoms with E-state index in [-0.39, 0.29) is 6.04 Å². The predicted molar refractivity (Wildman–Crippen MR) is 95.1 cm³/mol. The third kappa shape index (κ3) is 4.43. The minimum absolute atomic E-state index is 0.217. The number of hydrogen-bond acceptors (Lipinski definition) is 2. The zero-order valence-electron chi connectivity index (χ0n) is 14.2. The molecule has 124 valence electrons. The van der Waals surface area contributed by atoms with Crippen LogP contribution < -0.4 is 4.72 Å². The molecule has 1 N–H and O–H groups in total. The lowest BCUT2D eigenvalue weighted by Crippen LogP contribution is -2.28. The summed E-state index contributed by atoms with van der Waals surface area (Å²) >= 11 is 0. The number of hydrogen-bond donors (Lipinski definition) is 1. The summed E-state index contributed by atoms with van der Waals surface area (Å²) in [4.78, 5) is 0.312. The van der Waals surface area contributed by atoms with Crippen LogP contribution in [-0.2, 0) is 10.0 Å². The van der Waals surface area contributed by atoms with Gasteiger partial charge in [0.25, 0.3) is 0 Å². The van der Waals surface area contributed by atoms with E-state index in [1.54, 1.807) is 12.1 Å². The Kier molecular flexibility index (Phi) is 5.60. The van der Waals surface area contributed by atoms with Crippen LogP contribution in [0.15, 0.2) is 53.4 Å². The first kappa shape index (κ1) is 17.7. The third-order valence-electron chi connectivity index (χ3n) is 4.04. The Bertz CT molecular complexity index is 732. The van der Waals surface area contributed by atoms with Gasteiger partial charge in [0.15, 0.2) is 0 Å². The summed E-state index contributed by atoms with van der Waals surface area (Å²) in [6.07, 6.45) is 0.701. The van der Waals surface area contributed by atoms with Crippen LogP contribution >= 0.6 is 0 Å². The maximum absolute atomic E-state index is 12.6. The van der Waals surface area contributed by atoms with E-state index >= 15 is 0 Å². The quantitative estimate of drug-likeness (QED) is 0.844. The van der Waals surface area contributed by atoms with Crippen molar-refractivity contribution < 1.29 is 8.42 Å². The van der Waals surface area contributed by atoms with Crippen LogP contribution in [0.25, 0.3) is 0 Å². The van der Waals surface area contributed by atoms with Gasteiger partial charge in [0, 0.05) is 6.04 Å². The molecule has 4 heteroatoms. The van der Waals surface area contributed by atoms with E-state index in [1.165, 1.54) is 0 Å². The van der Waals surface area contributed by atoms with Gasteiger partial charge in [-0.1, -0.05) is 62.7 Å². The zero-order valence-corrected chi connectivity index (χ0v) is 15.0. The number of nitrogens with one attached hydrogen (secondary N) is 1. The monoisotopic (exact) mass is 331 g/mol. The Hall–Kier alpha value is -1.65. The minimum atomic E-state index is -3.52. The molecule has 0 aliphatic rings. The smallest absolute Gasteiger partial charge is 0.207 e. The molecule has 2 rings (SSSR count). The van der Waals surface area contributed by atoms with Gasteiger partial charge in [-0.15, -0.1) is 0 Å². The Morgan fingerprint density at radius 3 is 1.91 bits per heavy atom. The number of aryl methyl sites for hydroxylation is 1. The van der Waals surface area contributed by atoms with Gasteiger partial charge in [-0.3, -0.25) is 0 Å². The van der Waals surface area contributed by atoms with Gasteiger partial charge in [0.2, 0.25) is 10.0 Å². The highest BCUT2D eigenvalue weighted by atomic mass is 32.2. The molecule has 0 aromatic heterocycles. The fraction of sp³-hybridized carbons (Fsp3) is 0.368. The molecular formula is C19H25NO2S. The van der Waals surface area contributed by atoms with E-state index in [1.807, 2.05) is 50.2 Å². The lowest BCUT2D eigenvalue weighted by molar-refractivity contribution is 0.550. The summed E-state index contributed by atoms with van der Waals surface area (Å²) in [5.74, 6) is 0.385. The predicted octanol–water partition coefficient (Wildman–Crippen LogP) is 4.55. The van der Waals surface area contributed by atoms with Crippen LogP contribution in [0.4, 0.5) is 0 Å². The molecule has 0 amide bonds. The molecule has 0 bridgehead atoms. The van der Waals surface area contributed by atoms with E-state index in [0.717, 1.165) is 16.7 Å². The molecule has 0 aliphatic carbocycles. The zero-order chi connectivity index (χ0) is 17.0. The van der Waals surface area contributed by atoms with Crippen molar-refractivity contribution in [3.05, 3.63) is 65.2 Å². The topological polar surface area (TPSA) is 46.2 Å². The number of sulfonamides is 1. The molecule has 0 saturated carbocycles. The maximum atomic E-state index is 12.6. The van der Waals surface area contributed by atoms with Crippen molar-refractivity contribution in [3.63, 3.8) is 0 Å². The van der Waals surface area contributed by atoms with Gasteiger partial charge < -0.3 is 0 Å². The largest absolute Gasteiger partial charge is 0.241 e. The van der Waals surface area contributed by atoms with Crippen molar-refractivity contribution in [1.82, 2.24) is 4.72 Å². The summed E-state index contributed by atoms with van der Waals surface area (Å²) < 4.78 is 28.0. The molecule has 3 nitrogen and oxygen atoms in total. The molecule has 2 aromatic rings. The van der Waals surface area contributed by atoms with Crippen molar-refractivity contribution in [2.24, 2.45) is 0 Å². The van der Waals surface area contributed by atoms with Crippen LogP contribution in [0, 0.1) is 6.92 Å². The second kappa shape index (κ2) is 7.28. The van der Waals surface area contributed by atoms with Crippen molar-refractivity contribution >= 4 is 10.0 Å². The van der Waals surface area contributed by atoms with E-state index in [4.69, 9.17) is 0 Å². The Morgan fingerprint density at radius 1 is 0.913 bits per heavy atom. The van der Waals surface area contributed by atoms with Crippen LogP contribution in [0.5, 0.6) is 0 Å². The Labute approximate surface area is 139 Å². The van der Waals surface area contributed by atoms with Gasteiger partial charge in [-0.25, -0.2) is 13.1 Å². The Morgan fingerprint density at radius 2 is 1.43 bits per heavy atom. The number of benzene rings is 2. The van der Waals surface area contributed by atoms with Gasteiger partial charge >= 0.3 is 0 Å². The maximum Gasteiger partial charge on any atom is 0.241 e. The molecule has 0 spiro atoms. The third-order valence-corrected chi connectivity index (χ3v) is 5.53. The lowest BCUT2D eigenvalue weighted by atomic mass is 10.0. The standard InChI is InChI=1S/C19H25NO2S/c1-5-19(17-8-6-15(4)7-9-17)20-23(21,22)18-12-10-16(11-13-18)14(2)3/h6-14,19-20H,5H2,1-4H3. The van der Waals surface area contributed by atoms with Crippen molar-refractivity contribution in [2.45, 2.75) is 51.0 Å². The molecule has 0 aliphatic heterocycles. The number of rotatable bonds is 6. The average Bonchev–Trinajstić information content (AvgIpc) is 2.53. The molecule has 1 unspecified atom stereocenters. The normalized spacial score (nSPS) is 13.3. The van der Waals surface area contributed by atoms with Crippen molar-refractivity contribution in [2.75, 3.05) is 0 Å². The molecule has 0 fully saturated rings. The molecule has 1 atom stereocenters. The second-order valence-corrected chi connectivity index (χ2v) is 7.93. The highest BCUT2D eigenvalue weighted by molar-refractivity contribution is 7.89. The fourth-order valence-corrected chi connectivity index (χ4v) is 3.78. The Balaban J connectivity index is 2.23. The summed E-state index contributed by atoms with van der Waals surface area (Å²) in [7, 11) is -3.52. The van der Waals surface area contributed by atoms with E-state index in [0.29, 0.717) is 17.2 Å². The van der Waals surface area contributed by atoms with Gasteiger partial charge in [0.1, 0.15) is 0 Å². The molecule has 0 radical (unpaired) electrons. The van der Waals surface area contributed by atoms with Gasteiger partial charge in [-0.2, -0.15) is 0 Å². The van der Waals surface area contributed by atoms with Crippen molar-refractivity contribution in [1.29, 1.82) is 0 Å².